The van der Waals surface area contributed by atoms with E-state index >= 15 is 0 Å². The Morgan fingerprint density at radius 2 is 1.76 bits per heavy atom. The van der Waals surface area contributed by atoms with Crippen LogP contribution in [0.5, 0.6) is 5.75 Å². The molecular formula is C22H21N3O4. The Balaban J connectivity index is 1.52. The van der Waals surface area contributed by atoms with E-state index in [0.29, 0.717) is 18.0 Å². The summed E-state index contributed by atoms with van der Waals surface area (Å²) in [6, 6.07) is 21.2. The van der Waals surface area contributed by atoms with Gasteiger partial charge in [-0.2, -0.15) is 0 Å². The number of nitrogens with one attached hydrogen (secondary N) is 2. The van der Waals surface area contributed by atoms with Gasteiger partial charge >= 0.3 is 0 Å². The van der Waals surface area contributed by atoms with E-state index in [1.165, 1.54) is 12.1 Å². The van der Waals surface area contributed by atoms with Gasteiger partial charge in [-0.3, -0.25) is 14.9 Å². The van der Waals surface area contributed by atoms with Gasteiger partial charge in [0.1, 0.15) is 5.75 Å². The molecule has 0 aliphatic carbocycles. The van der Waals surface area contributed by atoms with Crippen LogP contribution < -0.4 is 15.4 Å². The Bertz CT molecular complexity index is 1000. The van der Waals surface area contributed by atoms with E-state index in [4.69, 9.17) is 4.74 Å². The highest BCUT2D eigenvalue weighted by Gasteiger charge is 2.07. The van der Waals surface area contributed by atoms with Crippen LogP contribution in [-0.4, -0.2) is 17.4 Å². The zero-order valence-electron chi connectivity index (χ0n) is 15.9. The molecule has 0 bridgehead atoms. The molecule has 0 saturated heterocycles. The Kier molecular flexibility index (Phi) is 6.42. The second kappa shape index (κ2) is 9.36. The number of anilines is 2. The largest absolute Gasteiger partial charge is 0.484 e. The van der Waals surface area contributed by atoms with Gasteiger partial charge in [0, 0.05) is 30.1 Å². The maximum Gasteiger partial charge on any atom is 0.271 e. The summed E-state index contributed by atoms with van der Waals surface area (Å²) in [4.78, 5) is 22.5. The van der Waals surface area contributed by atoms with Crippen LogP contribution in [0.2, 0.25) is 0 Å². The van der Waals surface area contributed by atoms with Crippen molar-refractivity contribution in [1.29, 1.82) is 0 Å². The molecule has 0 unspecified atom stereocenters. The smallest absolute Gasteiger partial charge is 0.271 e. The predicted octanol–water partition coefficient (Wildman–Crippen LogP) is 4.53. The van der Waals surface area contributed by atoms with Crippen LogP contribution in [0.3, 0.4) is 0 Å². The van der Waals surface area contributed by atoms with Gasteiger partial charge in [0.25, 0.3) is 11.6 Å². The van der Waals surface area contributed by atoms with Crippen LogP contribution in [0.4, 0.5) is 17.1 Å². The first-order valence-corrected chi connectivity index (χ1v) is 9.06. The summed E-state index contributed by atoms with van der Waals surface area (Å²) in [6.45, 7) is 2.35. The van der Waals surface area contributed by atoms with Crippen molar-refractivity contribution in [3.05, 3.63) is 94.0 Å². The maximum atomic E-state index is 12.0. The first kappa shape index (κ1) is 19.9. The van der Waals surface area contributed by atoms with Gasteiger partial charge in [-0.25, -0.2) is 0 Å². The van der Waals surface area contributed by atoms with Crippen molar-refractivity contribution in [3.8, 4) is 5.75 Å². The van der Waals surface area contributed by atoms with Crippen molar-refractivity contribution >= 4 is 23.0 Å². The summed E-state index contributed by atoms with van der Waals surface area (Å²) in [6.07, 6.45) is 0. The van der Waals surface area contributed by atoms with Gasteiger partial charge in [0.05, 0.1) is 4.92 Å². The van der Waals surface area contributed by atoms with Crippen LogP contribution >= 0.6 is 0 Å². The number of hydrogen-bond acceptors (Lipinski definition) is 5. The number of benzene rings is 3. The van der Waals surface area contributed by atoms with Crippen LogP contribution in [-0.2, 0) is 11.3 Å². The third-order valence-corrected chi connectivity index (χ3v) is 4.16. The number of nitro benzene ring substituents is 1. The van der Waals surface area contributed by atoms with Gasteiger partial charge < -0.3 is 15.4 Å². The van der Waals surface area contributed by atoms with Gasteiger partial charge in [0.2, 0.25) is 0 Å². The maximum absolute atomic E-state index is 12.0. The Hall–Kier alpha value is -3.87. The molecule has 0 aromatic heterocycles. The molecule has 0 heterocycles. The minimum absolute atomic E-state index is 0.0340. The topological polar surface area (TPSA) is 93.5 Å². The number of nitro groups is 1. The van der Waals surface area contributed by atoms with Crippen molar-refractivity contribution in [2.24, 2.45) is 0 Å². The fraction of sp³-hybridized carbons (Fsp3) is 0.136. The highest BCUT2D eigenvalue weighted by Crippen LogP contribution is 2.19. The molecule has 3 rings (SSSR count). The van der Waals surface area contributed by atoms with E-state index in [2.05, 4.69) is 10.6 Å². The van der Waals surface area contributed by atoms with E-state index < -0.39 is 4.92 Å². The molecule has 0 fully saturated rings. The number of hydrogen-bond donors (Lipinski definition) is 2. The van der Waals surface area contributed by atoms with Crippen molar-refractivity contribution in [3.63, 3.8) is 0 Å². The molecule has 1 amide bonds. The fourth-order valence-corrected chi connectivity index (χ4v) is 2.66. The lowest BCUT2D eigenvalue weighted by molar-refractivity contribution is -0.384. The Labute approximate surface area is 168 Å². The monoisotopic (exact) mass is 391 g/mol. The lowest BCUT2D eigenvalue weighted by Crippen LogP contribution is -2.20. The van der Waals surface area contributed by atoms with Crippen LogP contribution in [0.25, 0.3) is 0 Å². The molecule has 0 aliphatic heterocycles. The zero-order valence-corrected chi connectivity index (χ0v) is 15.9. The van der Waals surface area contributed by atoms with E-state index in [9.17, 15) is 14.9 Å². The minimum Gasteiger partial charge on any atom is -0.484 e. The molecule has 2 N–H and O–H groups in total. The third kappa shape index (κ3) is 6.07. The zero-order chi connectivity index (χ0) is 20.6. The molecule has 7 nitrogen and oxygen atoms in total. The molecule has 0 aliphatic rings. The number of carbonyl (C=O) groups is 1. The lowest BCUT2D eigenvalue weighted by Gasteiger charge is -2.10. The second-order valence-electron chi connectivity index (χ2n) is 6.51. The van der Waals surface area contributed by atoms with Crippen LogP contribution in [0.15, 0.2) is 72.8 Å². The Morgan fingerprint density at radius 3 is 2.52 bits per heavy atom. The summed E-state index contributed by atoms with van der Waals surface area (Å²) in [5.74, 6) is 0.330. The average molecular weight is 391 g/mol. The average Bonchev–Trinajstić information content (AvgIpc) is 2.73. The molecular weight excluding hydrogens is 370 g/mol. The second-order valence-corrected chi connectivity index (χ2v) is 6.51. The molecule has 29 heavy (non-hydrogen) atoms. The van der Waals surface area contributed by atoms with Crippen molar-refractivity contribution in [1.82, 2.24) is 0 Å². The van der Waals surface area contributed by atoms with Gasteiger partial charge in [-0.1, -0.05) is 35.9 Å². The fourth-order valence-electron chi connectivity index (χ4n) is 2.66. The summed E-state index contributed by atoms with van der Waals surface area (Å²) >= 11 is 0. The normalized spacial score (nSPS) is 10.2. The van der Waals surface area contributed by atoms with Crippen molar-refractivity contribution in [2.75, 3.05) is 17.2 Å². The minimum atomic E-state index is -0.429. The summed E-state index contributed by atoms with van der Waals surface area (Å²) in [5.41, 5.74) is 3.46. The lowest BCUT2D eigenvalue weighted by atomic mass is 10.2. The molecule has 0 spiro atoms. The molecule has 0 atom stereocenters. The Morgan fingerprint density at radius 1 is 1.00 bits per heavy atom. The standard InChI is InChI=1S/C22H21N3O4/c1-16-8-10-18(11-9-16)24-22(26)15-29-21-7-2-4-17(12-21)14-23-19-5-3-6-20(13-19)25(27)28/h2-13,23H,14-15H2,1H3,(H,24,26). The number of carbonyl (C=O) groups excluding carboxylic acids is 1. The van der Waals surface area contributed by atoms with Crippen molar-refractivity contribution in [2.45, 2.75) is 13.5 Å². The van der Waals surface area contributed by atoms with E-state index in [-0.39, 0.29) is 18.2 Å². The molecule has 0 saturated carbocycles. The van der Waals surface area contributed by atoms with Crippen LogP contribution in [0.1, 0.15) is 11.1 Å². The number of rotatable bonds is 8. The van der Waals surface area contributed by atoms with Crippen LogP contribution in [0, 0.1) is 17.0 Å². The van der Waals surface area contributed by atoms with Gasteiger partial charge in [-0.15, -0.1) is 0 Å². The molecule has 7 heteroatoms. The predicted molar refractivity (Wildman–Crippen MR) is 112 cm³/mol. The molecule has 3 aromatic rings. The first-order chi connectivity index (χ1) is 14.0. The SMILES string of the molecule is Cc1ccc(NC(=O)COc2cccc(CNc3cccc([N+](=O)[O-])c3)c2)cc1. The highest BCUT2D eigenvalue weighted by atomic mass is 16.6. The van der Waals surface area contributed by atoms with Crippen molar-refractivity contribution < 1.29 is 14.5 Å². The number of aryl methyl sites for hydroxylation is 1. The number of amides is 1. The number of nitrogens with zero attached hydrogens (tertiary/aromatic N) is 1. The van der Waals surface area contributed by atoms with E-state index in [0.717, 1.165) is 16.8 Å². The first-order valence-electron chi connectivity index (χ1n) is 9.06. The molecule has 148 valence electrons. The van der Waals surface area contributed by atoms with Gasteiger partial charge in [0.15, 0.2) is 6.61 Å². The summed E-state index contributed by atoms with van der Waals surface area (Å²) < 4.78 is 5.58. The number of non-ortho nitro benzene ring substituents is 1. The quantitative estimate of drug-likeness (QED) is 0.435. The highest BCUT2D eigenvalue weighted by molar-refractivity contribution is 5.91. The summed E-state index contributed by atoms with van der Waals surface area (Å²) in [7, 11) is 0. The van der Waals surface area contributed by atoms with E-state index in [1.807, 2.05) is 49.4 Å². The van der Waals surface area contributed by atoms with Gasteiger partial charge in [-0.05, 0) is 42.8 Å². The third-order valence-electron chi connectivity index (χ3n) is 4.16. The molecule has 3 aromatic carbocycles. The molecule has 0 radical (unpaired) electrons. The summed E-state index contributed by atoms with van der Waals surface area (Å²) in [5, 5.41) is 16.8. The van der Waals surface area contributed by atoms with E-state index in [1.54, 1.807) is 18.2 Å². The number of ether oxygens (including phenoxy) is 1.